The molecule has 4 nitrogen and oxygen atoms in total. The molecule has 0 spiro atoms. The largest absolute Gasteiger partial charge is 0.494 e. The molecule has 0 heterocycles. The molecule has 0 N–H and O–H groups in total. The zero-order valence-corrected chi connectivity index (χ0v) is 13.8. The van der Waals surface area contributed by atoms with Crippen molar-refractivity contribution >= 4 is 21.6 Å². The van der Waals surface area contributed by atoms with E-state index in [1.165, 1.54) is 4.31 Å². The Morgan fingerprint density at radius 1 is 1.25 bits per heavy atom. The summed E-state index contributed by atoms with van der Waals surface area (Å²) in [5.41, 5.74) is 0.696. The van der Waals surface area contributed by atoms with Crippen LogP contribution in [-0.2, 0) is 15.9 Å². The van der Waals surface area contributed by atoms with E-state index in [9.17, 15) is 8.42 Å². The Morgan fingerprint density at radius 3 is 2.45 bits per heavy atom. The lowest BCUT2D eigenvalue weighted by atomic mass is 10.2. The minimum absolute atomic E-state index is 0.221. The molecule has 0 saturated carbocycles. The van der Waals surface area contributed by atoms with Crippen molar-refractivity contribution in [3.63, 3.8) is 0 Å². The number of ether oxygens (including phenoxy) is 1. The highest BCUT2D eigenvalue weighted by Crippen LogP contribution is 2.26. The molecule has 0 atom stereocenters. The Bertz CT molecular complexity index is 531. The summed E-state index contributed by atoms with van der Waals surface area (Å²) < 4.78 is 32.0. The van der Waals surface area contributed by atoms with Crippen molar-refractivity contribution in [3.8, 4) is 5.75 Å². The van der Waals surface area contributed by atoms with E-state index in [0.717, 1.165) is 6.42 Å². The van der Waals surface area contributed by atoms with Gasteiger partial charge in [0.1, 0.15) is 5.75 Å². The zero-order valence-electron chi connectivity index (χ0n) is 12.2. The van der Waals surface area contributed by atoms with Crippen LogP contribution in [0.5, 0.6) is 5.75 Å². The van der Waals surface area contributed by atoms with E-state index >= 15 is 0 Å². The third-order valence-electron chi connectivity index (χ3n) is 2.94. The molecule has 0 aromatic heterocycles. The molecular formula is C14H22ClNO3S. The summed E-state index contributed by atoms with van der Waals surface area (Å²) in [4.78, 5) is 0.270. The second kappa shape index (κ2) is 7.86. The predicted octanol–water partition coefficient (Wildman–Crippen LogP) is 3.24. The van der Waals surface area contributed by atoms with Gasteiger partial charge in [-0.15, -0.1) is 11.6 Å². The molecule has 1 aromatic carbocycles. The standard InChI is InChI=1S/C14H22ClNO3S/c1-4-9-16(5-2)20(17,18)13-7-8-14(19-6-3)12(10-13)11-15/h7-8,10H,4-6,9,11H2,1-3H3. The normalized spacial score (nSPS) is 11.8. The quantitative estimate of drug-likeness (QED) is 0.691. The zero-order chi connectivity index (χ0) is 15.2. The van der Waals surface area contributed by atoms with Gasteiger partial charge in [0.05, 0.1) is 17.4 Å². The average molecular weight is 320 g/mol. The lowest BCUT2D eigenvalue weighted by Gasteiger charge is -2.20. The average Bonchev–Trinajstić information content (AvgIpc) is 2.45. The number of hydrogen-bond donors (Lipinski definition) is 0. The number of halogens is 1. The van der Waals surface area contributed by atoms with Gasteiger partial charge < -0.3 is 4.74 Å². The molecule has 0 amide bonds. The molecular weight excluding hydrogens is 298 g/mol. The van der Waals surface area contributed by atoms with Crippen LogP contribution >= 0.6 is 11.6 Å². The van der Waals surface area contributed by atoms with Gasteiger partial charge in [-0.05, 0) is 31.5 Å². The minimum Gasteiger partial charge on any atom is -0.494 e. The van der Waals surface area contributed by atoms with Gasteiger partial charge in [-0.1, -0.05) is 13.8 Å². The molecule has 6 heteroatoms. The molecule has 0 bridgehead atoms. The highest BCUT2D eigenvalue weighted by Gasteiger charge is 2.23. The lowest BCUT2D eigenvalue weighted by Crippen LogP contribution is -2.31. The van der Waals surface area contributed by atoms with Crippen LogP contribution in [0, 0.1) is 0 Å². The molecule has 1 aromatic rings. The Morgan fingerprint density at radius 2 is 1.95 bits per heavy atom. The SMILES string of the molecule is CCCN(CC)S(=O)(=O)c1ccc(OCC)c(CCl)c1. The molecule has 0 radical (unpaired) electrons. The topological polar surface area (TPSA) is 46.6 Å². The predicted molar refractivity (Wildman–Crippen MR) is 81.9 cm³/mol. The van der Waals surface area contributed by atoms with E-state index < -0.39 is 10.0 Å². The van der Waals surface area contributed by atoms with Gasteiger partial charge in [0.15, 0.2) is 0 Å². The first-order chi connectivity index (χ1) is 9.51. The number of rotatable bonds is 8. The Hall–Kier alpha value is -0.780. The molecule has 0 aliphatic heterocycles. The highest BCUT2D eigenvalue weighted by atomic mass is 35.5. The minimum atomic E-state index is -3.46. The first-order valence-corrected chi connectivity index (χ1v) is 8.80. The molecule has 0 aliphatic rings. The number of benzene rings is 1. The van der Waals surface area contributed by atoms with Gasteiger partial charge in [-0.2, -0.15) is 4.31 Å². The highest BCUT2D eigenvalue weighted by molar-refractivity contribution is 7.89. The fourth-order valence-electron chi connectivity index (χ4n) is 1.96. The fourth-order valence-corrected chi connectivity index (χ4v) is 3.76. The van der Waals surface area contributed by atoms with Crippen LogP contribution in [0.4, 0.5) is 0 Å². The third-order valence-corrected chi connectivity index (χ3v) is 5.20. The van der Waals surface area contributed by atoms with Crippen LogP contribution in [0.1, 0.15) is 32.8 Å². The van der Waals surface area contributed by atoms with Crippen molar-refractivity contribution < 1.29 is 13.2 Å². The van der Waals surface area contributed by atoms with Gasteiger partial charge in [0.25, 0.3) is 0 Å². The number of hydrogen-bond acceptors (Lipinski definition) is 3. The van der Waals surface area contributed by atoms with E-state index in [0.29, 0.717) is 31.0 Å². The van der Waals surface area contributed by atoms with Crippen LogP contribution < -0.4 is 4.74 Å². The van der Waals surface area contributed by atoms with Gasteiger partial charge in [-0.3, -0.25) is 0 Å². The fraction of sp³-hybridized carbons (Fsp3) is 0.571. The first kappa shape index (κ1) is 17.3. The maximum Gasteiger partial charge on any atom is 0.243 e. The lowest BCUT2D eigenvalue weighted by molar-refractivity contribution is 0.337. The number of nitrogens with zero attached hydrogens (tertiary/aromatic N) is 1. The van der Waals surface area contributed by atoms with Crippen molar-refractivity contribution in [2.24, 2.45) is 0 Å². The summed E-state index contributed by atoms with van der Waals surface area (Å²) in [6.45, 7) is 7.17. The van der Waals surface area contributed by atoms with Crippen molar-refractivity contribution in [1.29, 1.82) is 0 Å². The summed E-state index contributed by atoms with van der Waals surface area (Å²) in [6.07, 6.45) is 0.784. The van der Waals surface area contributed by atoms with Gasteiger partial charge >= 0.3 is 0 Å². The summed E-state index contributed by atoms with van der Waals surface area (Å²) >= 11 is 5.88. The van der Waals surface area contributed by atoms with Crippen molar-refractivity contribution in [2.45, 2.75) is 38.0 Å². The van der Waals surface area contributed by atoms with E-state index in [1.807, 2.05) is 20.8 Å². The van der Waals surface area contributed by atoms with Crippen molar-refractivity contribution in [1.82, 2.24) is 4.31 Å². The molecule has 1 rings (SSSR count). The van der Waals surface area contributed by atoms with Gasteiger partial charge in [0.2, 0.25) is 10.0 Å². The van der Waals surface area contributed by atoms with E-state index in [2.05, 4.69) is 0 Å². The van der Waals surface area contributed by atoms with Crippen LogP contribution in [0.25, 0.3) is 0 Å². The molecule has 0 aliphatic carbocycles. The number of sulfonamides is 1. The van der Waals surface area contributed by atoms with Crippen LogP contribution in [-0.4, -0.2) is 32.4 Å². The molecule has 0 saturated heterocycles. The molecule has 20 heavy (non-hydrogen) atoms. The van der Waals surface area contributed by atoms with Crippen molar-refractivity contribution in [3.05, 3.63) is 23.8 Å². The number of alkyl halides is 1. The molecule has 0 fully saturated rings. The Kier molecular flexibility index (Phi) is 6.79. The summed E-state index contributed by atoms with van der Waals surface area (Å²) in [5.74, 6) is 0.860. The second-order valence-corrected chi connectivity index (χ2v) is 6.54. The van der Waals surface area contributed by atoms with Gasteiger partial charge in [-0.25, -0.2) is 8.42 Å². The summed E-state index contributed by atoms with van der Waals surface area (Å²) in [5, 5.41) is 0. The first-order valence-electron chi connectivity index (χ1n) is 6.83. The van der Waals surface area contributed by atoms with E-state index in [-0.39, 0.29) is 10.8 Å². The Balaban J connectivity index is 3.18. The summed E-state index contributed by atoms with van der Waals surface area (Å²) in [7, 11) is -3.46. The van der Waals surface area contributed by atoms with Crippen LogP contribution in [0.2, 0.25) is 0 Å². The van der Waals surface area contributed by atoms with E-state index in [1.54, 1.807) is 18.2 Å². The maximum atomic E-state index is 12.5. The van der Waals surface area contributed by atoms with Gasteiger partial charge in [0, 0.05) is 18.7 Å². The monoisotopic (exact) mass is 319 g/mol. The second-order valence-electron chi connectivity index (χ2n) is 4.33. The van der Waals surface area contributed by atoms with Crippen molar-refractivity contribution in [2.75, 3.05) is 19.7 Å². The van der Waals surface area contributed by atoms with Crippen LogP contribution in [0.3, 0.4) is 0 Å². The smallest absolute Gasteiger partial charge is 0.243 e. The molecule has 114 valence electrons. The van der Waals surface area contributed by atoms with E-state index in [4.69, 9.17) is 16.3 Å². The Labute approximate surface area is 126 Å². The van der Waals surface area contributed by atoms with Crippen LogP contribution in [0.15, 0.2) is 23.1 Å². The third kappa shape index (κ3) is 3.87. The summed E-state index contributed by atoms with van der Waals surface area (Å²) in [6, 6.07) is 4.86. The maximum absolute atomic E-state index is 12.5. The molecule has 0 unspecified atom stereocenters.